The first-order valence-corrected chi connectivity index (χ1v) is 11.2. The fraction of sp³-hybridized carbons (Fsp3) is 0.158. The Morgan fingerprint density at radius 3 is 2.53 bits per heavy atom. The van der Waals surface area contributed by atoms with Crippen LogP contribution >= 0.6 is 34.8 Å². The lowest BCUT2D eigenvalue weighted by atomic mass is 10.3. The zero-order valence-electron chi connectivity index (χ0n) is 15.9. The lowest BCUT2D eigenvalue weighted by Gasteiger charge is -2.16. The highest BCUT2D eigenvalue weighted by atomic mass is 35.5. The molecule has 0 bridgehead atoms. The first kappa shape index (κ1) is 22.6. The van der Waals surface area contributed by atoms with E-state index in [-0.39, 0.29) is 31.5 Å². The summed E-state index contributed by atoms with van der Waals surface area (Å²) in [5.74, 6) is 0.465. The summed E-state index contributed by atoms with van der Waals surface area (Å²) < 4.78 is 34.0. The van der Waals surface area contributed by atoms with E-state index in [0.29, 0.717) is 18.0 Å². The van der Waals surface area contributed by atoms with Gasteiger partial charge in [0.1, 0.15) is 5.69 Å². The molecule has 0 amide bonds. The SMILES string of the molecule is CN(C)Cc1ncccc1Oc1ncc(Cl)cc1NS(=O)(=O)c1ccc(Cl)c(Cl)c1. The molecule has 0 atom stereocenters. The standard InChI is InChI=1S/C19H17Cl3N4O3S/c1-26(2)11-17-18(4-3-7-23-17)29-19-16(8-12(20)10-24-19)25-30(27,28)13-5-6-14(21)15(22)9-13/h3-10,25H,11H2,1-2H3. The molecule has 1 aromatic carbocycles. The van der Waals surface area contributed by atoms with Crippen molar-refractivity contribution in [3.8, 4) is 11.6 Å². The van der Waals surface area contributed by atoms with Crippen molar-refractivity contribution in [1.82, 2.24) is 14.9 Å². The van der Waals surface area contributed by atoms with Crippen LogP contribution in [0.2, 0.25) is 15.1 Å². The van der Waals surface area contributed by atoms with Crippen LogP contribution in [0, 0.1) is 0 Å². The molecule has 0 aliphatic heterocycles. The molecule has 0 saturated heterocycles. The molecule has 7 nitrogen and oxygen atoms in total. The summed E-state index contributed by atoms with van der Waals surface area (Å²) in [6, 6.07) is 8.83. The maximum absolute atomic E-state index is 12.8. The minimum Gasteiger partial charge on any atom is -0.435 e. The maximum Gasteiger partial charge on any atom is 0.262 e. The molecule has 0 spiro atoms. The van der Waals surface area contributed by atoms with Crippen LogP contribution in [0.25, 0.3) is 0 Å². The highest BCUT2D eigenvalue weighted by molar-refractivity contribution is 7.92. The number of hydrogen-bond donors (Lipinski definition) is 1. The Hall–Kier alpha value is -2.10. The van der Waals surface area contributed by atoms with Crippen molar-refractivity contribution in [3.05, 3.63) is 69.6 Å². The van der Waals surface area contributed by atoms with Gasteiger partial charge in [0.15, 0.2) is 5.75 Å². The van der Waals surface area contributed by atoms with Gasteiger partial charge in [0.25, 0.3) is 10.0 Å². The third kappa shape index (κ3) is 5.53. The number of ether oxygens (including phenoxy) is 1. The predicted molar refractivity (Wildman–Crippen MR) is 118 cm³/mol. The van der Waals surface area contributed by atoms with Crippen LogP contribution in [0.1, 0.15) is 5.69 Å². The Balaban J connectivity index is 1.96. The summed E-state index contributed by atoms with van der Waals surface area (Å²) in [5.41, 5.74) is 0.728. The number of anilines is 1. The number of nitrogens with one attached hydrogen (secondary N) is 1. The highest BCUT2D eigenvalue weighted by Crippen LogP contribution is 2.33. The number of aromatic nitrogens is 2. The Morgan fingerprint density at radius 2 is 1.83 bits per heavy atom. The zero-order valence-corrected chi connectivity index (χ0v) is 19.0. The third-order valence-electron chi connectivity index (χ3n) is 3.78. The van der Waals surface area contributed by atoms with E-state index < -0.39 is 10.0 Å². The van der Waals surface area contributed by atoms with Crippen LogP contribution in [0.5, 0.6) is 11.6 Å². The molecule has 11 heteroatoms. The summed E-state index contributed by atoms with van der Waals surface area (Å²) in [4.78, 5) is 10.3. The summed E-state index contributed by atoms with van der Waals surface area (Å²) >= 11 is 17.9. The minimum atomic E-state index is -4.01. The Labute approximate surface area is 189 Å². The second-order valence-corrected chi connectivity index (χ2v) is 9.41. The molecule has 0 aliphatic rings. The molecule has 0 fully saturated rings. The molecule has 0 radical (unpaired) electrons. The zero-order chi connectivity index (χ0) is 21.9. The van der Waals surface area contributed by atoms with E-state index in [1.807, 2.05) is 19.0 Å². The molecular formula is C19H17Cl3N4O3S. The predicted octanol–water partition coefficient (Wildman–Crippen LogP) is 5.09. The molecule has 30 heavy (non-hydrogen) atoms. The normalized spacial score (nSPS) is 11.5. The fourth-order valence-corrected chi connectivity index (χ4v) is 4.06. The number of benzene rings is 1. The van der Waals surface area contributed by atoms with Crippen LogP contribution < -0.4 is 9.46 Å². The molecule has 158 valence electrons. The quantitative estimate of drug-likeness (QED) is 0.499. The summed E-state index contributed by atoms with van der Waals surface area (Å²) in [7, 11) is -0.212. The molecule has 2 aromatic heterocycles. The summed E-state index contributed by atoms with van der Waals surface area (Å²) in [5, 5.41) is 0.590. The van der Waals surface area contributed by atoms with Gasteiger partial charge in [0.05, 0.1) is 25.7 Å². The van der Waals surface area contributed by atoms with Crippen molar-refractivity contribution in [2.45, 2.75) is 11.4 Å². The number of pyridine rings is 2. The lowest BCUT2D eigenvalue weighted by molar-refractivity contribution is 0.379. The van der Waals surface area contributed by atoms with Gasteiger partial charge in [-0.25, -0.2) is 13.4 Å². The minimum absolute atomic E-state index is 0.0241. The van der Waals surface area contributed by atoms with Gasteiger partial charge in [-0.3, -0.25) is 9.71 Å². The monoisotopic (exact) mass is 486 g/mol. The second kappa shape index (κ2) is 9.36. The summed E-state index contributed by atoms with van der Waals surface area (Å²) in [6.07, 6.45) is 3.00. The second-order valence-electron chi connectivity index (χ2n) is 6.48. The molecular weight excluding hydrogens is 471 g/mol. The van der Waals surface area contributed by atoms with Crippen molar-refractivity contribution in [2.75, 3.05) is 18.8 Å². The van der Waals surface area contributed by atoms with Gasteiger partial charge in [-0.05, 0) is 50.5 Å². The van der Waals surface area contributed by atoms with Gasteiger partial charge in [0, 0.05) is 18.9 Å². The largest absolute Gasteiger partial charge is 0.435 e. The number of sulfonamides is 1. The first-order chi connectivity index (χ1) is 14.2. The van der Waals surface area contributed by atoms with Gasteiger partial charge >= 0.3 is 0 Å². The Bertz CT molecular complexity index is 1170. The van der Waals surface area contributed by atoms with Gasteiger partial charge in [-0.2, -0.15) is 0 Å². The number of halogens is 3. The van der Waals surface area contributed by atoms with Crippen LogP contribution in [0.3, 0.4) is 0 Å². The Kier molecular flexibility index (Phi) is 7.05. The fourth-order valence-electron chi connectivity index (χ4n) is 2.47. The molecule has 3 rings (SSSR count). The van der Waals surface area contributed by atoms with E-state index in [1.165, 1.54) is 30.5 Å². The van der Waals surface area contributed by atoms with E-state index >= 15 is 0 Å². The molecule has 0 saturated carbocycles. The van der Waals surface area contributed by atoms with Crippen LogP contribution in [-0.2, 0) is 16.6 Å². The third-order valence-corrected chi connectivity index (χ3v) is 6.09. The number of nitrogens with zero attached hydrogens (tertiary/aromatic N) is 3. The van der Waals surface area contributed by atoms with E-state index in [4.69, 9.17) is 39.5 Å². The van der Waals surface area contributed by atoms with Gasteiger partial charge in [-0.1, -0.05) is 34.8 Å². The number of rotatable bonds is 7. The topological polar surface area (TPSA) is 84.4 Å². The van der Waals surface area contributed by atoms with Crippen LogP contribution in [0.15, 0.2) is 53.7 Å². The molecule has 0 aliphatic carbocycles. The van der Waals surface area contributed by atoms with Crippen molar-refractivity contribution in [1.29, 1.82) is 0 Å². The van der Waals surface area contributed by atoms with E-state index in [0.717, 1.165) is 0 Å². The molecule has 2 heterocycles. The highest BCUT2D eigenvalue weighted by Gasteiger charge is 2.20. The van der Waals surface area contributed by atoms with Crippen molar-refractivity contribution in [2.24, 2.45) is 0 Å². The Morgan fingerprint density at radius 1 is 1.07 bits per heavy atom. The first-order valence-electron chi connectivity index (χ1n) is 8.55. The average molecular weight is 488 g/mol. The lowest BCUT2D eigenvalue weighted by Crippen LogP contribution is -2.15. The smallest absolute Gasteiger partial charge is 0.262 e. The van der Waals surface area contributed by atoms with E-state index in [2.05, 4.69) is 14.7 Å². The van der Waals surface area contributed by atoms with Crippen molar-refractivity contribution >= 4 is 50.5 Å². The van der Waals surface area contributed by atoms with Crippen molar-refractivity contribution in [3.63, 3.8) is 0 Å². The van der Waals surface area contributed by atoms with E-state index in [9.17, 15) is 8.42 Å². The van der Waals surface area contributed by atoms with Gasteiger partial charge in [-0.15, -0.1) is 0 Å². The molecule has 1 N–H and O–H groups in total. The molecule has 0 unspecified atom stereocenters. The van der Waals surface area contributed by atoms with Gasteiger partial charge in [0.2, 0.25) is 5.88 Å². The number of hydrogen-bond acceptors (Lipinski definition) is 6. The summed E-state index contributed by atoms with van der Waals surface area (Å²) in [6.45, 7) is 0.522. The average Bonchev–Trinajstić information content (AvgIpc) is 2.67. The van der Waals surface area contributed by atoms with Crippen molar-refractivity contribution < 1.29 is 13.2 Å². The van der Waals surface area contributed by atoms with Gasteiger partial charge < -0.3 is 9.64 Å². The van der Waals surface area contributed by atoms with Crippen LogP contribution in [-0.4, -0.2) is 37.4 Å². The van der Waals surface area contributed by atoms with Crippen LogP contribution in [0.4, 0.5) is 5.69 Å². The molecule has 3 aromatic rings. The maximum atomic E-state index is 12.8. The van der Waals surface area contributed by atoms with E-state index in [1.54, 1.807) is 18.3 Å².